The predicted molar refractivity (Wildman–Crippen MR) is 98.7 cm³/mol. The first-order valence-corrected chi connectivity index (χ1v) is 9.32. The Balaban J connectivity index is 1.35. The third-order valence-corrected chi connectivity index (χ3v) is 5.42. The smallest absolute Gasteiger partial charge is 0.251 e. The minimum atomic E-state index is -0.130. The maximum absolute atomic E-state index is 12.5. The van der Waals surface area contributed by atoms with E-state index < -0.39 is 0 Å². The highest BCUT2D eigenvalue weighted by Gasteiger charge is 2.43. The van der Waals surface area contributed by atoms with E-state index in [1.165, 1.54) is 5.56 Å². The highest BCUT2D eigenvalue weighted by atomic mass is 16.5. The van der Waals surface area contributed by atoms with Crippen molar-refractivity contribution in [2.75, 3.05) is 19.7 Å². The molecule has 0 radical (unpaired) electrons. The molecule has 1 amide bonds. The lowest BCUT2D eigenvalue weighted by molar-refractivity contribution is -0.0793. The van der Waals surface area contributed by atoms with E-state index in [4.69, 9.17) is 4.74 Å². The summed E-state index contributed by atoms with van der Waals surface area (Å²) in [7, 11) is 1.94. The van der Waals surface area contributed by atoms with Gasteiger partial charge < -0.3 is 10.1 Å². The van der Waals surface area contributed by atoms with Gasteiger partial charge in [-0.05, 0) is 31.4 Å². The van der Waals surface area contributed by atoms with Crippen molar-refractivity contribution in [3.63, 3.8) is 0 Å². The number of aryl methyl sites for hydroxylation is 1. The molecule has 6 nitrogen and oxygen atoms in total. The van der Waals surface area contributed by atoms with Crippen molar-refractivity contribution in [3.05, 3.63) is 53.9 Å². The van der Waals surface area contributed by atoms with Crippen LogP contribution in [0.25, 0.3) is 0 Å². The molecule has 0 saturated carbocycles. The van der Waals surface area contributed by atoms with Gasteiger partial charge in [-0.3, -0.25) is 14.4 Å². The van der Waals surface area contributed by atoms with E-state index in [0.717, 1.165) is 44.5 Å². The molecule has 0 aliphatic carbocycles. The van der Waals surface area contributed by atoms with E-state index in [-0.39, 0.29) is 17.6 Å². The fraction of sp³-hybridized carbons (Fsp3) is 0.500. The quantitative estimate of drug-likeness (QED) is 0.912. The number of rotatable bonds is 4. The summed E-state index contributed by atoms with van der Waals surface area (Å²) in [5, 5.41) is 7.45. The first-order chi connectivity index (χ1) is 12.6. The van der Waals surface area contributed by atoms with Gasteiger partial charge in [0.05, 0.1) is 11.8 Å². The molecule has 138 valence electrons. The van der Waals surface area contributed by atoms with Gasteiger partial charge in [0, 0.05) is 56.7 Å². The van der Waals surface area contributed by atoms with Gasteiger partial charge in [-0.2, -0.15) is 5.10 Å². The SMILES string of the molecule is Cn1cc(CN2CC[C@]3(C[C@@H](NC(=O)c4ccccc4)CCO3)C2)cn1. The lowest BCUT2D eigenvalue weighted by atomic mass is 9.89. The lowest BCUT2D eigenvalue weighted by Crippen LogP contribution is -2.49. The number of hydrogen-bond acceptors (Lipinski definition) is 4. The molecule has 26 heavy (non-hydrogen) atoms. The molecule has 2 aliphatic rings. The van der Waals surface area contributed by atoms with Crippen LogP contribution >= 0.6 is 0 Å². The molecule has 2 fully saturated rings. The van der Waals surface area contributed by atoms with Crippen molar-refractivity contribution in [3.8, 4) is 0 Å². The fourth-order valence-electron chi connectivity index (χ4n) is 4.17. The summed E-state index contributed by atoms with van der Waals surface area (Å²) in [5.74, 6) is 0.0119. The molecule has 3 heterocycles. The Morgan fingerprint density at radius 3 is 3.00 bits per heavy atom. The molecule has 2 saturated heterocycles. The Labute approximate surface area is 154 Å². The van der Waals surface area contributed by atoms with Gasteiger partial charge in [-0.15, -0.1) is 0 Å². The number of aromatic nitrogens is 2. The number of benzene rings is 1. The summed E-state index contributed by atoms with van der Waals surface area (Å²) in [6.07, 6.45) is 6.77. The molecule has 1 aromatic carbocycles. The molecule has 0 unspecified atom stereocenters. The summed E-state index contributed by atoms with van der Waals surface area (Å²) in [6, 6.07) is 9.61. The minimum absolute atomic E-state index is 0.0119. The fourth-order valence-corrected chi connectivity index (χ4v) is 4.17. The molecular formula is C20H26N4O2. The summed E-state index contributed by atoms with van der Waals surface area (Å²) >= 11 is 0. The van der Waals surface area contributed by atoms with E-state index in [1.807, 2.05) is 48.3 Å². The van der Waals surface area contributed by atoms with Crippen molar-refractivity contribution in [1.82, 2.24) is 20.0 Å². The van der Waals surface area contributed by atoms with Crippen LogP contribution in [-0.2, 0) is 18.3 Å². The van der Waals surface area contributed by atoms with Crippen molar-refractivity contribution in [2.45, 2.75) is 37.5 Å². The zero-order valence-electron chi connectivity index (χ0n) is 15.2. The van der Waals surface area contributed by atoms with Crippen LogP contribution in [0.4, 0.5) is 0 Å². The number of nitrogens with zero attached hydrogens (tertiary/aromatic N) is 3. The van der Waals surface area contributed by atoms with E-state index in [2.05, 4.69) is 21.5 Å². The zero-order valence-corrected chi connectivity index (χ0v) is 15.2. The van der Waals surface area contributed by atoms with E-state index >= 15 is 0 Å². The van der Waals surface area contributed by atoms with Crippen LogP contribution in [0.3, 0.4) is 0 Å². The largest absolute Gasteiger partial charge is 0.373 e. The summed E-state index contributed by atoms with van der Waals surface area (Å²) < 4.78 is 8.04. The van der Waals surface area contributed by atoms with Crippen LogP contribution in [-0.4, -0.2) is 51.9 Å². The molecule has 2 atom stereocenters. The second-order valence-corrected chi connectivity index (χ2v) is 7.54. The van der Waals surface area contributed by atoms with Crippen molar-refractivity contribution >= 4 is 5.91 Å². The predicted octanol–water partition coefficient (Wildman–Crippen LogP) is 1.97. The first-order valence-electron chi connectivity index (χ1n) is 9.32. The Hall–Kier alpha value is -2.18. The van der Waals surface area contributed by atoms with Gasteiger partial charge in [-0.1, -0.05) is 18.2 Å². The highest BCUT2D eigenvalue weighted by molar-refractivity contribution is 5.94. The van der Waals surface area contributed by atoms with Crippen LogP contribution in [0.1, 0.15) is 35.2 Å². The molecule has 1 aromatic heterocycles. The van der Waals surface area contributed by atoms with Crippen LogP contribution in [0, 0.1) is 0 Å². The number of carbonyl (C=O) groups excluding carboxylic acids is 1. The van der Waals surface area contributed by atoms with E-state index in [1.54, 1.807) is 0 Å². The van der Waals surface area contributed by atoms with Gasteiger partial charge >= 0.3 is 0 Å². The van der Waals surface area contributed by atoms with Gasteiger partial charge in [0.1, 0.15) is 0 Å². The standard InChI is InChI=1S/C20H26N4O2/c1-23-13-16(12-21-23)14-24-9-8-20(15-24)11-18(7-10-26-20)22-19(25)17-5-3-2-4-6-17/h2-6,12-13,18H,7-11,14-15H2,1H3,(H,22,25)/t18-,20-/m0/s1. The molecular weight excluding hydrogens is 328 g/mol. The van der Waals surface area contributed by atoms with Gasteiger partial charge in [0.25, 0.3) is 5.91 Å². The number of nitrogens with one attached hydrogen (secondary N) is 1. The van der Waals surface area contributed by atoms with Crippen LogP contribution in [0.15, 0.2) is 42.7 Å². The summed E-state index contributed by atoms with van der Waals surface area (Å²) in [5.41, 5.74) is 1.82. The molecule has 1 N–H and O–H groups in total. The number of amides is 1. The number of likely N-dealkylation sites (tertiary alicyclic amines) is 1. The van der Waals surface area contributed by atoms with E-state index in [0.29, 0.717) is 6.61 Å². The van der Waals surface area contributed by atoms with Crippen molar-refractivity contribution < 1.29 is 9.53 Å². The van der Waals surface area contributed by atoms with Crippen molar-refractivity contribution in [1.29, 1.82) is 0 Å². The second-order valence-electron chi connectivity index (χ2n) is 7.54. The Kier molecular flexibility index (Phi) is 4.78. The normalized spacial score (nSPS) is 26.3. The topological polar surface area (TPSA) is 59.4 Å². The van der Waals surface area contributed by atoms with Crippen molar-refractivity contribution in [2.24, 2.45) is 7.05 Å². The van der Waals surface area contributed by atoms with E-state index in [9.17, 15) is 4.79 Å². The highest BCUT2D eigenvalue weighted by Crippen LogP contribution is 2.35. The Morgan fingerprint density at radius 1 is 1.38 bits per heavy atom. The van der Waals surface area contributed by atoms with Gasteiger partial charge in [0.2, 0.25) is 0 Å². The lowest BCUT2D eigenvalue weighted by Gasteiger charge is -2.38. The molecule has 2 aromatic rings. The molecule has 4 rings (SSSR count). The monoisotopic (exact) mass is 354 g/mol. The van der Waals surface area contributed by atoms with Crippen LogP contribution in [0.5, 0.6) is 0 Å². The molecule has 6 heteroatoms. The molecule has 1 spiro atoms. The Morgan fingerprint density at radius 2 is 2.23 bits per heavy atom. The summed E-state index contributed by atoms with van der Waals surface area (Å²) in [6.45, 7) is 3.55. The third kappa shape index (κ3) is 3.81. The molecule has 2 aliphatic heterocycles. The number of ether oxygens (including phenoxy) is 1. The molecule has 0 bridgehead atoms. The van der Waals surface area contributed by atoms with Crippen LogP contribution in [0.2, 0.25) is 0 Å². The average Bonchev–Trinajstić information content (AvgIpc) is 3.22. The third-order valence-electron chi connectivity index (χ3n) is 5.42. The van der Waals surface area contributed by atoms with Crippen LogP contribution < -0.4 is 5.32 Å². The van der Waals surface area contributed by atoms with Gasteiger partial charge in [0.15, 0.2) is 0 Å². The zero-order chi connectivity index (χ0) is 18.0. The number of carbonyl (C=O) groups is 1. The maximum atomic E-state index is 12.5. The minimum Gasteiger partial charge on any atom is -0.373 e. The first kappa shape index (κ1) is 17.2. The Bertz CT molecular complexity index is 760. The average molecular weight is 354 g/mol. The second kappa shape index (κ2) is 7.21. The number of hydrogen-bond donors (Lipinski definition) is 1. The van der Waals surface area contributed by atoms with Gasteiger partial charge in [-0.25, -0.2) is 0 Å². The summed E-state index contributed by atoms with van der Waals surface area (Å²) in [4.78, 5) is 14.9. The maximum Gasteiger partial charge on any atom is 0.251 e.